The molecule has 1 aromatic heterocycles. The molecule has 0 spiro atoms. The first kappa shape index (κ1) is 16.7. The van der Waals surface area contributed by atoms with Crippen molar-refractivity contribution in [3.05, 3.63) is 23.9 Å². The van der Waals surface area contributed by atoms with Gasteiger partial charge in [0.2, 0.25) is 5.88 Å². The highest BCUT2D eigenvalue weighted by molar-refractivity contribution is 5.80. The SMILES string of the molecule is COc1ccc(CC(NC(=O)OC(C)(C)C)C(=O)O)cn1. The van der Waals surface area contributed by atoms with E-state index >= 15 is 0 Å². The Morgan fingerprint density at radius 3 is 2.48 bits per heavy atom. The Bertz CT molecular complexity index is 493. The highest BCUT2D eigenvalue weighted by Crippen LogP contribution is 2.10. The summed E-state index contributed by atoms with van der Waals surface area (Å²) in [6.45, 7) is 5.11. The first-order chi connectivity index (χ1) is 9.71. The topological polar surface area (TPSA) is 97.8 Å². The number of aliphatic carboxylic acids is 1. The third kappa shape index (κ3) is 6.11. The van der Waals surface area contributed by atoms with Gasteiger partial charge in [0.25, 0.3) is 0 Å². The van der Waals surface area contributed by atoms with E-state index in [9.17, 15) is 9.59 Å². The van der Waals surface area contributed by atoms with Gasteiger partial charge >= 0.3 is 12.1 Å². The zero-order chi connectivity index (χ0) is 16.0. The molecule has 116 valence electrons. The highest BCUT2D eigenvalue weighted by atomic mass is 16.6. The van der Waals surface area contributed by atoms with Gasteiger partial charge in [0, 0.05) is 18.7 Å². The van der Waals surface area contributed by atoms with Gasteiger partial charge in [0.1, 0.15) is 11.6 Å². The third-order valence-electron chi connectivity index (χ3n) is 2.44. The first-order valence-electron chi connectivity index (χ1n) is 6.42. The van der Waals surface area contributed by atoms with E-state index in [1.54, 1.807) is 32.9 Å². The second-order valence-corrected chi connectivity index (χ2v) is 5.45. The van der Waals surface area contributed by atoms with Crippen LogP contribution < -0.4 is 10.1 Å². The lowest BCUT2D eigenvalue weighted by atomic mass is 10.1. The Hall–Kier alpha value is -2.31. The van der Waals surface area contributed by atoms with Crippen LogP contribution in [0.4, 0.5) is 4.79 Å². The lowest BCUT2D eigenvalue weighted by molar-refractivity contribution is -0.139. The minimum atomic E-state index is -1.14. The predicted octanol–water partition coefficient (Wildman–Crippen LogP) is 1.61. The maximum Gasteiger partial charge on any atom is 0.408 e. The summed E-state index contributed by atoms with van der Waals surface area (Å²) < 4.78 is 9.97. The normalized spacial score (nSPS) is 12.4. The smallest absolute Gasteiger partial charge is 0.408 e. The molecule has 0 aliphatic heterocycles. The van der Waals surface area contributed by atoms with Gasteiger partial charge in [-0.3, -0.25) is 0 Å². The van der Waals surface area contributed by atoms with Gasteiger partial charge in [-0.25, -0.2) is 14.6 Å². The Morgan fingerprint density at radius 1 is 1.38 bits per heavy atom. The van der Waals surface area contributed by atoms with Crippen LogP contribution in [0, 0.1) is 0 Å². The molecule has 1 heterocycles. The average Bonchev–Trinajstić information content (AvgIpc) is 2.36. The standard InChI is InChI=1S/C14H20N2O5/c1-14(2,3)21-13(19)16-10(12(17)18)7-9-5-6-11(20-4)15-8-9/h5-6,8,10H,7H2,1-4H3,(H,16,19)(H,17,18). The van der Waals surface area contributed by atoms with Crippen molar-refractivity contribution in [3.63, 3.8) is 0 Å². The first-order valence-corrected chi connectivity index (χ1v) is 6.42. The molecule has 0 saturated carbocycles. The van der Waals surface area contributed by atoms with Crippen molar-refractivity contribution in [2.24, 2.45) is 0 Å². The van der Waals surface area contributed by atoms with Crippen LogP contribution in [0.15, 0.2) is 18.3 Å². The number of methoxy groups -OCH3 is 1. The van der Waals surface area contributed by atoms with Crippen molar-refractivity contribution in [1.82, 2.24) is 10.3 Å². The number of alkyl carbamates (subject to hydrolysis) is 1. The molecule has 1 unspecified atom stereocenters. The van der Waals surface area contributed by atoms with Gasteiger partial charge < -0.3 is 19.9 Å². The van der Waals surface area contributed by atoms with Crippen LogP contribution in [0.2, 0.25) is 0 Å². The van der Waals surface area contributed by atoms with Crippen molar-refractivity contribution < 1.29 is 24.2 Å². The molecule has 0 fully saturated rings. The molecular weight excluding hydrogens is 276 g/mol. The van der Waals surface area contributed by atoms with Gasteiger partial charge in [-0.05, 0) is 26.3 Å². The molecule has 7 nitrogen and oxygen atoms in total. The largest absolute Gasteiger partial charge is 0.481 e. The van der Waals surface area contributed by atoms with Crippen molar-refractivity contribution in [1.29, 1.82) is 0 Å². The minimum Gasteiger partial charge on any atom is -0.481 e. The van der Waals surface area contributed by atoms with Crippen LogP contribution in [0.1, 0.15) is 26.3 Å². The Balaban J connectivity index is 2.69. The molecule has 0 aromatic carbocycles. The van der Waals surface area contributed by atoms with E-state index in [2.05, 4.69) is 10.3 Å². The van der Waals surface area contributed by atoms with Crippen LogP contribution in [0.25, 0.3) is 0 Å². The van der Waals surface area contributed by atoms with Gasteiger partial charge in [-0.1, -0.05) is 6.07 Å². The number of carboxylic acid groups (broad SMARTS) is 1. The maximum atomic E-state index is 11.6. The number of hydrogen-bond acceptors (Lipinski definition) is 5. The molecule has 1 rings (SSSR count). The average molecular weight is 296 g/mol. The number of carboxylic acids is 1. The molecule has 0 aliphatic carbocycles. The second kappa shape index (κ2) is 6.92. The van der Waals surface area contributed by atoms with Gasteiger partial charge in [0.05, 0.1) is 7.11 Å². The van der Waals surface area contributed by atoms with Crippen molar-refractivity contribution in [3.8, 4) is 5.88 Å². The summed E-state index contributed by atoms with van der Waals surface area (Å²) in [4.78, 5) is 26.8. The molecule has 0 aliphatic rings. The summed E-state index contributed by atoms with van der Waals surface area (Å²) in [5.74, 6) is -0.706. The summed E-state index contributed by atoms with van der Waals surface area (Å²) in [5.41, 5.74) is -0.0197. The number of ether oxygens (including phenoxy) is 2. The molecule has 1 aromatic rings. The van der Waals surface area contributed by atoms with Crippen molar-refractivity contribution in [2.75, 3.05) is 7.11 Å². The van der Waals surface area contributed by atoms with Gasteiger partial charge in [-0.2, -0.15) is 0 Å². The van der Waals surface area contributed by atoms with Gasteiger partial charge in [0.15, 0.2) is 0 Å². The number of rotatable bonds is 5. The predicted molar refractivity (Wildman–Crippen MR) is 75.3 cm³/mol. The lowest BCUT2D eigenvalue weighted by Crippen LogP contribution is -2.44. The summed E-state index contributed by atoms with van der Waals surface area (Å²) >= 11 is 0. The zero-order valence-corrected chi connectivity index (χ0v) is 12.5. The fourth-order valence-corrected chi connectivity index (χ4v) is 1.54. The zero-order valence-electron chi connectivity index (χ0n) is 12.5. The second-order valence-electron chi connectivity index (χ2n) is 5.45. The molecule has 1 amide bonds. The Kier molecular flexibility index (Phi) is 5.52. The molecular formula is C14H20N2O5. The summed E-state index contributed by atoms with van der Waals surface area (Å²) in [5, 5.41) is 11.5. The minimum absolute atomic E-state index is 0.103. The monoisotopic (exact) mass is 296 g/mol. The quantitative estimate of drug-likeness (QED) is 0.856. The van der Waals surface area contributed by atoms with E-state index in [0.29, 0.717) is 11.4 Å². The molecule has 1 atom stereocenters. The van der Waals surface area contributed by atoms with E-state index < -0.39 is 23.7 Å². The third-order valence-corrected chi connectivity index (χ3v) is 2.44. The summed E-state index contributed by atoms with van der Waals surface area (Å²) in [7, 11) is 1.49. The fourth-order valence-electron chi connectivity index (χ4n) is 1.54. The van der Waals surface area contributed by atoms with Crippen LogP contribution in [0.3, 0.4) is 0 Å². The molecule has 7 heteroatoms. The molecule has 0 radical (unpaired) electrons. The number of nitrogens with zero attached hydrogens (tertiary/aromatic N) is 1. The number of pyridine rings is 1. The molecule has 0 bridgehead atoms. The van der Waals surface area contributed by atoms with Crippen LogP contribution in [-0.4, -0.2) is 40.9 Å². The highest BCUT2D eigenvalue weighted by Gasteiger charge is 2.24. The fraction of sp³-hybridized carbons (Fsp3) is 0.500. The number of amides is 1. The van der Waals surface area contributed by atoms with Crippen LogP contribution in [-0.2, 0) is 16.0 Å². The van der Waals surface area contributed by atoms with E-state index in [0.717, 1.165) is 0 Å². The lowest BCUT2D eigenvalue weighted by Gasteiger charge is -2.22. The number of carbonyl (C=O) groups is 2. The number of aromatic nitrogens is 1. The number of carbonyl (C=O) groups excluding carboxylic acids is 1. The molecule has 21 heavy (non-hydrogen) atoms. The number of hydrogen-bond donors (Lipinski definition) is 2. The van der Waals surface area contributed by atoms with Crippen LogP contribution >= 0.6 is 0 Å². The molecule has 0 saturated heterocycles. The van der Waals surface area contributed by atoms with E-state index in [1.165, 1.54) is 13.3 Å². The Morgan fingerprint density at radius 2 is 2.05 bits per heavy atom. The summed E-state index contributed by atoms with van der Waals surface area (Å²) in [6.07, 6.45) is 0.841. The van der Waals surface area contributed by atoms with Gasteiger partial charge in [-0.15, -0.1) is 0 Å². The molecule has 2 N–H and O–H groups in total. The Labute approximate surface area is 123 Å². The number of nitrogens with one attached hydrogen (secondary N) is 1. The van der Waals surface area contributed by atoms with E-state index in [-0.39, 0.29) is 6.42 Å². The summed E-state index contributed by atoms with van der Waals surface area (Å²) in [6, 6.07) is 2.23. The van der Waals surface area contributed by atoms with Crippen molar-refractivity contribution in [2.45, 2.75) is 38.8 Å². The van der Waals surface area contributed by atoms with E-state index in [4.69, 9.17) is 14.6 Å². The van der Waals surface area contributed by atoms with Crippen molar-refractivity contribution >= 4 is 12.1 Å². The maximum absolute atomic E-state index is 11.6. The van der Waals surface area contributed by atoms with E-state index in [1.807, 2.05) is 0 Å². The van der Waals surface area contributed by atoms with Crippen LogP contribution in [0.5, 0.6) is 5.88 Å².